The van der Waals surface area contributed by atoms with Crippen LogP contribution in [-0.2, 0) is 0 Å². The van der Waals surface area contributed by atoms with Crippen molar-refractivity contribution < 1.29 is 0 Å². The first-order valence-electron chi connectivity index (χ1n) is 4.28. The molecule has 2 radical (unpaired) electrons. The van der Waals surface area contributed by atoms with Gasteiger partial charge in [-0.05, 0) is 12.5 Å². The molecule has 0 aromatic rings. The normalized spacial score (nSPS) is 10.3. The van der Waals surface area contributed by atoms with Crippen LogP contribution in [0.25, 0.3) is 0 Å². The van der Waals surface area contributed by atoms with Crippen LogP contribution >= 0.6 is 0 Å². The van der Waals surface area contributed by atoms with Gasteiger partial charge in [0.2, 0.25) is 0 Å². The van der Waals surface area contributed by atoms with Gasteiger partial charge in [0.1, 0.15) is 0 Å². The van der Waals surface area contributed by atoms with Gasteiger partial charge in [-0.1, -0.05) is 38.8 Å². The minimum atomic E-state index is 0.935. The summed E-state index contributed by atoms with van der Waals surface area (Å²) in [4.78, 5) is 0. The lowest BCUT2D eigenvalue weighted by Gasteiger charge is -1.96. The fourth-order valence-corrected chi connectivity index (χ4v) is 0.815. The van der Waals surface area contributed by atoms with Crippen LogP contribution in [0, 0.1) is 6.58 Å². The first-order valence-corrected chi connectivity index (χ1v) is 4.28. The summed E-state index contributed by atoms with van der Waals surface area (Å²) in [6.45, 7) is 8.26. The summed E-state index contributed by atoms with van der Waals surface area (Å²) in [5.74, 6) is 0. The monoisotopic (exact) mass is 151 g/mol. The van der Waals surface area contributed by atoms with Crippen LogP contribution in [0.3, 0.4) is 0 Å². The lowest BCUT2D eigenvalue weighted by molar-refractivity contribution is 0.642. The van der Waals surface area contributed by atoms with Crippen LogP contribution in [0.2, 0.25) is 0 Å². The molecule has 0 heterocycles. The van der Waals surface area contributed by atoms with E-state index in [4.69, 9.17) is 6.58 Å². The van der Waals surface area contributed by atoms with Gasteiger partial charge < -0.3 is 0 Å². The molecular weight excluding hydrogens is 134 g/mol. The van der Waals surface area contributed by atoms with E-state index in [2.05, 4.69) is 12.2 Å². The molecule has 0 aliphatic rings. The maximum absolute atomic E-state index is 5.12. The van der Waals surface area contributed by atoms with Crippen molar-refractivity contribution in [1.82, 2.24) is 5.32 Å². The summed E-state index contributed by atoms with van der Waals surface area (Å²) in [6, 6.07) is 0. The molecule has 0 aliphatic carbocycles. The molecule has 0 spiro atoms. The number of rotatable bonds is 7. The zero-order valence-corrected chi connectivity index (χ0v) is 7.29. The third kappa shape index (κ3) is 9.28. The van der Waals surface area contributed by atoms with E-state index < -0.39 is 0 Å². The van der Waals surface area contributed by atoms with Crippen molar-refractivity contribution in [2.45, 2.75) is 32.6 Å². The molecule has 0 rings (SSSR count). The average Bonchev–Trinajstić information content (AvgIpc) is 2.03. The van der Waals surface area contributed by atoms with Crippen molar-refractivity contribution in [3.63, 3.8) is 0 Å². The SMILES string of the molecule is [CH]=CC=C[N]CCCCCC. The molecular formula is C10H17N. The molecule has 0 bridgehead atoms. The second-order valence-corrected chi connectivity index (χ2v) is 2.50. The molecule has 0 aliphatic heterocycles. The fraction of sp³-hybridized carbons (Fsp3) is 0.600. The number of hydrogen-bond acceptors (Lipinski definition) is 0. The number of allylic oxidation sites excluding steroid dienone is 2. The summed E-state index contributed by atoms with van der Waals surface area (Å²) in [7, 11) is 0. The van der Waals surface area contributed by atoms with Crippen LogP contribution in [-0.4, -0.2) is 6.54 Å². The Morgan fingerprint density at radius 3 is 2.73 bits per heavy atom. The molecule has 0 unspecified atom stereocenters. The predicted octanol–water partition coefficient (Wildman–Crippen LogP) is 2.67. The van der Waals surface area contributed by atoms with Crippen molar-refractivity contribution in [3.05, 3.63) is 24.9 Å². The van der Waals surface area contributed by atoms with Gasteiger partial charge in [0.25, 0.3) is 0 Å². The Morgan fingerprint density at radius 2 is 2.09 bits per heavy atom. The van der Waals surface area contributed by atoms with E-state index in [1.807, 2.05) is 0 Å². The van der Waals surface area contributed by atoms with Gasteiger partial charge in [-0.3, -0.25) is 5.32 Å². The molecule has 0 aromatic carbocycles. The maximum Gasteiger partial charge on any atom is 0.0389 e. The Labute approximate surface area is 70.2 Å². The summed E-state index contributed by atoms with van der Waals surface area (Å²) in [6.07, 6.45) is 10.1. The van der Waals surface area contributed by atoms with E-state index in [-0.39, 0.29) is 0 Å². The summed E-state index contributed by atoms with van der Waals surface area (Å²) >= 11 is 0. The van der Waals surface area contributed by atoms with Gasteiger partial charge in [-0.2, -0.15) is 0 Å². The Kier molecular flexibility index (Phi) is 8.67. The van der Waals surface area contributed by atoms with Crippen LogP contribution < -0.4 is 5.32 Å². The molecule has 0 atom stereocenters. The minimum absolute atomic E-state index is 0.935. The van der Waals surface area contributed by atoms with Crippen molar-refractivity contribution in [3.8, 4) is 0 Å². The highest BCUT2D eigenvalue weighted by molar-refractivity contribution is 4.93. The minimum Gasteiger partial charge on any atom is -0.293 e. The Bertz CT molecular complexity index is 105. The predicted molar refractivity (Wildman–Crippen MR) is 49.2 cm³/mol. The standard InChI is InChI=1S/C10H17N/c1-3-5-7-8-10-11-9-6-4-2/h2,4,6,9H,3,5,7-8,10H2,1H3. The van der Waals surface area contributed by atoms with Gasteiger partial charge in [0, 0.05) is 12.7 Å². The zero-order valence-electron chi connectivity index (χ0n) is 7.29. The smallest absolute Gasteiger partial charge is 0.0389 e. The molecule has 62 valence electrons. The highest BCUT2D eigenvalue weighted by Gasteiger charge is 1.85. The quantitative estimate of drug-likeness (QED) is 0.392. The molecule has 1 nitrogen and oxygen atoms in total. The summed E-state index contributed by atoms with van der Waals surface area (Å²) in [5, 5.41) is 4.14. The lowest BCUT2D eigenvalue weighted by atomic mass is 10.2. The molecule has 0 aromatic heterocycles. The Morgan fingerprint density at radius 1 is 1.27 bits per heavy atom. The van der Waals surface area contributed by atoms with E-state index in [0.29, 0.717) is 0 Å². The van der Waals surface area contributed by atoms with E-state index in [1.54, 1.807) is 12.3 Å². The van der Waals surface area contributed by atoms with E-state index >= 15 is 0 Å². The van der Waals surface area contributed by atoms with Crippen molar-refractivity contribution in [1.29, 1.82) is 0 Å². The van der Waals surface area contributed by atoms with Crippen LogP contribution in [0.15, 0.2) is 18.4 Å². The molecule has 0 amide bonds. The highest BCUT2D eigenvalue weighted by atomic mass is 14.8. The van der Waals surface area contributed by atoms with Crippen LogP contribution in [0.1, 0.15) is 32.6 Å². The summed E-state index contributed by atoms with van der Waals surface area (Å²) in [5.41, 5.74) is 0. The van der Waals surface area contributed by atoms with Gasteiger partial charge in [-0.15, -0.1) is 0 Å². The first kappa shape index (κ1) is 10.3. The third-order valence-corrected chi connectivity index (χ3v) is 1.44. The van der Waals surface area contributed by atoms with E-state index in [0.717, 1.165) is 6.54 Å². The van der Waals surface area contributed by atoms with Gasteiger partial charge >= 0.3 is 0 Å². The number of unbranched alkanes of at least 4 members (excludes halogenated alkanes) is 3. The van der Waals surface area contributed by atoms with Crippen molar-refractivity contribution in [2.75, 3.05) is 6.54 Å². The summed E-state index contributed by atoms with van der Waals surface area (Å²) < 4.78 is 0. The Hall–Kier alpha value is -0.720. The number of hydrogen-bond donors (Lipinski definition) is 0. The third-order valence-electron chi connectivity index (χ3n) is 1.44. The molecule has 0 saturated heterocycles. The molecule has 0 saturated carbocycles. The fourth-order valence-electron chi connectivity index (χ4n) is 0.815. The highest BCUT2D eigenvalue weighted by Crippen LogP contribution is 1.97. The molecule has 11 heavy (non-hydrogen) atoms. The van der Waals surface area contributed by atoms with Crippen molar-refractivity contribution in [2.24, 2.45) is 0 Å². The molecule has 0 fully saturated rings. The maximum atomic E-state index is 5.12. The number of nitrogens with zero attached hydrogens (tertiary/aromatic N) is 1. The zero-order chi connectivity index (χ0) is 8.36. The first-order chi connectivity index (χ1) is 5.41. The van der Waals surface area contributed by atoms with Crippen molar-refractivity contribution >= 4 is 0 Å². The van der Waals surface area contributed by atoms with Crippen LogP contribution in [0.5, 0.6) is 0 Å². The second kappa shape index (κ2) is 9.28. The van der Waals surface area contributed by atoms with E-state index in [1.165, 1.54) is 31.8 Å². The van der Waals surface area contributed by atoms with Gasteiger partial charge in [-0.25, -0.2) is 0 Å². The molecule has 0 N–H and O–H groups in total. The largest absolute Gasteiger partial charge is 0.293 e. The second-order valence-electron chi connectivity index (χ2n) is 2.50. The van der Waals surface area contributed by atoms with Gasteiger partial charge in [0.15, 0.2) is 0 Å². The average molecular weight is 151 g/mol. The topological polar surface area (TPSA) is 14.1 Å². The lowest BCUT2D eigenvalue weighted by Crippen LogP contribution is -1.97. The molecule has 1 heteroatoms. The van der Waals surface area contributed by atoms with E-state index in [9.17, 15) is 0 Å². The Balaban J connectivity index is 2.90. The van der Waals surface area contributed by atoms with Gasteiger partial charge in [0.05, 0.1) is 0 Å². The van der Waals surface area contributed by atoms with Crippen LogP contribution in [0.4, 0.5) is 0 Å².